The van der Waals surface area contributed by atoms with Gasteiger partial charge in [0.2, 0.25) is 11.8 Å². The predicted octanol–water partition coefficient (Wildman–Crippen LogP) is 4.52. The topological polar surface area (TPSA) is 94.3 Å². The van der Waals surface area contributed by atoms with E-state index >= 15 is 0 Å². The molecule has 0 bridgehead atoms. The van der Waals surface area contributed by atoms with Gasteiger partial charge < -0.3 is 10.2 Å². The molecule has 8 heteroatoms. The maximum absolute atomic E-state index is 13.4. The number of hydrogen-bond acceptors (Lipinski definition) is 4. The van der Waals surface area contributed by atoms with E-state index in [1.165, 1.54) is 30.7 Å². The van der Waals surface area contributed by atoms with Gasteiger partial charge in [0, 0.05) is 0 Å². The lowest BCUT2D eigenvalue weighted by atomic mass is 10.1. The smallest absolute Gasteiger partial charge is 0.340 e. The number of imidazole rings is 2. The standard InChI is InChI=1S/C29H28N4O4/c1-17-6-9-22(12-20(17)4)30-15-26(34)32(28(30)36)24-11-8-19(3)25(14-24)33-27(35)16-31(29(33)37)23-10-7-18(2)21(5)13-23/h6-16,34-35H,1-5H3. The Hall–Kier alpha value is -4.72. The van der Waals surface area contributed by atoms with Crippen LogP contribution < -0.4 is 11.4 Å². The summed E-state index contributed by atoms with van der Waals surface area (Å²) in [5.41, 5.74) is 6.07. The zero-order valence-corrected chi connectivity index (χ0v) is 21.4. The van der Waals surface area contributed by atoms with E-state index in [-0.39, 0.29) is 11.8 Å². The Morgan fingerprint density at radius 2 is 0.946 bits per heavy atom. The second-order valence-electron chi connectivity index (χ2n) is 9.46. The van der Waals surface area contributed by atoms with E-state index in [0.717, 1.165) is 22.3 Å². The molecule has 0 unspecified atom stereocenters. The molecule has 5 aromatic rings. The summed E-state index contributed by atoms with van der Waals surface area (Å²) in [6.07, 6.45) is 2.74. The van der Waals surface area contributed by atoms with Crippen molar-refractivity contribution in [3.05, 3.63) is 116 Å². The normalized spacial score (nSPS) is 11.3. The molecule has 0 aliphatic rings. The first-order chi connectivity index (χ1) is 17.6. The van der Waals surface area contributed by atoms with Gasteiger partial charge in [-0.3, -0.25) is 9.13 Å². The molecule has 0 aliphatic heterocycles. The van der Waals surface area contributed by atoms with Crippen molar-refractivity contribution in [2.45, 2.75) is 34.6 Å². The summed E-state index contributed by atoms with van der Waals surface area (Å²) in [5.74, 6) is -0.491. The fourth-order valence-electron chi connectivity index (χ4n) is 4.44. The maximum Gasteiger partial charge on any atom is 0.340 e. The summed E-state index contributed by atoms with van der Waals surface area (Å²) in [6, 6.07) is 16.3. The molecule has 188 valence electrons. The molecule has 0 amide bonds. The number of aryl methyl sites for hydroxylation is 5. The zero-order valence-electron chi connectivity index (χ0n) is 21.4. The Morgan fingerprint density at radius 3 is 1.46 bits per heavy atom. The van der Waals surface area contributed by atoms with Crippen LogP contribution in [0.15, 0.2) is 76.6 Å². The molecule has 0 spiro atoms. The minimum absolute atomic E-state index is 0.243. The number of benzene rings is 3. The summed E-state index contributed by atoms with van der Waals surface area (Å²) in [6.45, 7) is 9.71. The lowest BCUT2D eigenvalue weighted by molar-refractivity contribution is 0.439. The molecule has 8 nitrogen and oxygen atoms in total. The highest BCUT2D eigenvalue weighted by Gasteiger charge is 2.19. The van der Waals surface area contributed by atoms with Gasteiger partial charge in [0.05, 0.1) is 35.1 Å². The molecule has 0 fully saturated rings. The first-order valence-electron chi connectivity index (χ1n) is 11.9. The quantitative estimate of drug-likeness (QED) is 0.382. The van der Waals surface area contributed by atoms with Crippen LogP contribution in [0.5, 0.6) is 11.8 Å². The predicted molar refractivity (Wildman–Crippen MR) is 143 cm³/mol. The Balaban J connectivity index is 1.64. The van der Waals surface area contributed by atoms with E-state index in [1.807, 2.05) is 64.1 Å². The molecule has 2 heterocycles. The van der Waals surface area contributed by atoms with Crippen LogP contribution in [0.4, 0.5) is 0 Å². The van der Waals surface area contributed by atoms with Crippen LogP contribution in [0.2, 0.25) is 0 Å². The van der Waals surface area contributed by atoms with Gasteiger partial charge in [0.1, 0.15) is 0 Å². The van der Waals surface area contributed by atoms with Crippen molar-refractivity contribution in [2.75, 3.05) is 0 Å². The number of rotatable bonds is 4. The number of aromatic hydroxyl groups is 2. The summed E-state index contributed by atoms with van der Waals surface area (Å²) in [4.78, 5) is 26.8. The van der Waals surface area contributed by atoms with Crippen LogP contribution in [0, 0.1) is 34.6 Å². The first kappa shape index (κ1) is 24.0. The Morgan fingerprint density at radius 1 is 0.514 bits per heavy atom. The molecule has 0 aliphatic carbocycles. The van der Waals surface area contributed by atoms with E-state index in [9.17, 15) is 19.8 Å². The van der Waals surface area contributed by atoms with E-state index in [1.54, 1.807) is 25.1 Å². The second kappa shape index (κ2) is 8.74. The van der Waals surface area contributed by atoms with Crippen LogP contribution in [0.25, 0.3) is 22.7 Å². The fourth-order valence-corrected chi connectivity index (χ4v) is 4.44. The van der Waals surface area contributed by atoms with Crippen molar-refractivity contribution in [3.8, 4) is 34.5 Å². The van der Waals surface area contributed by atoms with Crippen LogP contribution >= 0.6 is 0 Å². The Kier molecular flexibility index (Phi) is 5.67. The van der Waals surface area contributed by atoms with Gasteiger partial charge in [0.15, 0.2) is 0 Å². The maximum atomic E-state index is 13.4. The van der Waals surface area contributed by atoms with Gasteiger partial charge in [-0.2, -0.15) is 0 Å². The highest BCUT2D eigenvalue weighted by Crippen LogP contribution is 2.25. The summed E-state index contributed by atoms with van der Waals surface area (Å²) in [5, 5.41) is 21.5. The van der Waals surface area contributed by atoms with Gasteiger partial charge in [-0.25, -0.2) is 18.7 Å². The van der Waals surface area contributed by atoms with E-state index in [2.05, 4.69) is 0 Å². The van der Waals surface area contributed by atoms with Gasteiger partial charge in [-0.15, -0.1) is 0 Å². The van der Waals surface area contributed by atoms with Crippen LogP contribution in [0.1, 0.15) is 27.8 Å². The van der Waals surface area contributed by atoms with E-state index in [0.29, 0.717) is 28.3 Å². The average molecular weight is 497 g/mol. The SMILES string of the molecule is Cc1ccc(-n2cc(O)n(-c3ccc(C)c(-n4c(O)cn(-c5ccc(C)c(C)c5)c4=O)c3)c2=O)cc1C. The minimum atomic E-state index is -0.458. The third kappa shape index (κ3) is 3.96. The molecule has 0 radical (unpaired) electrons. The lowest BCUT2D eigenvalue weighted by Crippen LogP contribution is -2.24. The van der Waals surface area contributed by atoms with E-state index in [4.69, 9.17) is 0 Å². The van der Waals surface area contributed by atoms with Crippen molar-refractivity contribution < 1.29 is 10.2 Å². The second-order valence-corrected chi connectivity index (χ2v) is 9.46. The van der Waals surface area contributed by atoms with Crippen LogP contribution in [0.3, 0.4) is 0 Å². The lowest BCUT2D eigenvalue weighted by Gasteiger charge is -2.11. The zero-order chi connectivity index (χ0) is 26.6. The van der Waals surface area contributed by atoms with Gasteiger partial charge >= 0.3 is 11.4 Å². The van der Waals surface area contributed by atoms with Crippen molar-refractivity contribution >= 4 is 0 Å². The van der Waals surface area contributed by atoms with Crippen molar-refractivity contribution in [1.82, 2.24) is 18.3 Å². The summed E-state index contributed by atoms with van der Waals surface area (Å²) < 4.78 is 5.12. The van der Waals surface area contributed by atoms with Gasteiger partial charge in [-0.05, 0) is 98.8 Å². The summed E-state index contributed by atoms with van der Waals surface area (Å²) >= 11 is 0. The fraction of sp³-hybridized carbons (Fsp3) is 0.172. The molecule has 2 aromatic heterocycles. The Labute approximate surface area is 213 Å². The monoisotopic (exact) mass is 496 g/mol. The van der Waals surface area contributed by atoms with Gasteiger partial charge in [-0.1, -0.05) is 18.2 Å². The molecule has 0 saturated carbocycles. The largest absolute Gasteiger partial charge is 0.493 e. The van der Waals surface area contributed by atoms with Crippen molar-refractivity contribution in [3.63, 3.8) is 0 Å². The molecular formula is C29H28N4O4. The molecule has 37 heavy (non-hydrogen) atoms. The number of aromatic nitrogens is 4. The van der Waals surface area contributed by atoms with Crippen LogP contribution in [-0.4, -0.2) is 28.5 Å². The number of nitrogens with zero attached hydrogens (tertiary/aromatic N) is 4. The third-order valence-corrected chi connectivity index (χ3v) is 6.97. The molecule has 2 N–H and O–H groups in total. The van der Waals surface area contributed by atoms with Crippen LogP contribution in [-0.2, 0) is 0 Å². The Bertz CT molecular complexity index is 1800. The molecule has 0 saturated heterocycles. The number of hydrogen-bond donors (Lipinski definition) is 2. The van der Waals surface area contributed by atoms with Crippen molar-refractivity contribution in [1.29, 1.82) is 0 Å². The third-order valence-electron chi connectivity index (χ3n) is 6.97. The average Bonchev–Trinajstić information content (AvgIpc) is 3.32. The summed E-state index contributed by atoms with van der Waals surface area (Å²) in [7, 11) is 0. The highest BCUT2D eigenvalue weighted by atomic mass is 16.3. The van der Waals surface area contributed by atoms with Gasteiger partial charge in [0.25, 0.3) is 0 Å². The molecule has 3 aromatic carbocycles. The first-order valence-corrected chi connectivity index (χ1v) is 11.9. The van der Waals surface area contributed by atoms with Crippen molar-refractivity contribution in [2.24, 2.45) is 0 Å². The van der Waals surface area contributed by atoms with E-state index < -0.39 is 11.4 Å². The molecular weight excluding hydrogens is 468 g/mol. The molecule has 5 rings (SSSR count). The highest BCUT2D eigenvalue weighted by molar-refractivity contribution is 5.53. The molecule has 0 atom stereocenters. The minimum Gasteiger partial charge on any atom is -0.493 e.